The molecule has 0 amide bonds. The number of benzene rings is 1. The summed E-state index contributed by atoms with van der Waals surface area (Å²) in [5.41, 5.74) is 1.08. The quantitative estimate of drug-likeness (QED) is 0.818. The summed E-state index contributed by atoms with van der Waals surface area (Å²) in [5.74, 6) is 2.05. The molecule has 3 heteroatoms. The highest BCUT2D eigenvalue weighted by Gasteiger charge is 2.43. The summed E-state index contributed by atoms with van der Waals surface area (Å²) in [7, 11) is 1.68. The summed E-state index contributed by atoms with van der Waals surface area (Å²) in [6.45, 7) is 0. The van der Waals surface area contributed by atoms with Gasteiger partial charge in [-0.25, -0.2) is 0 Å². The van der Waals surface area contributed by atoms with Crippen LogP contribution in [0.15, 0.2) is 24.3 Å². The summed E-state index contributed by atoms with van der Waals surface area (Å²) in [6, 6.07) is 10.9. The smallest absolute Gasteiger partial charge is 0.133 e. The van der Waals surface area contributed by atoms with Crippen LogP contribution in [0.4, 0.5) is 0 Å². The molecule has 0 spiro atoms. The van der Waals surface area contributed by atoms with Crippen LogP contribution in [0.2, 0.25) is 0 Å². The van der Waals surface area contributed by atoms with Gasteiger partial charge in [0, 0.05) is 12.8 Å². The van der Waals surface area contributed by atoms with Crippen LogP contribution in [-0.4, -0.2) is 12.9 Å². The van der Waals surface area contributed by atoms with Crippen molar-refractivity contribution in [2.75, 3.05) is 7.11 Å². The second-order valence-electron chi connectivity index (χ2n) is 7.15. The normalized spacial score (nSPS) is 31.4. The summed E-state index contributed by atoms with van der Waals surface area (Å²) >= 11 is 0. The van der Waals surface area contributed by atoms with Crippen LogP contribution in [0.5, 0.6) is 5.75 Å². The largest absolute Gasteiger partial charge is 0.497 e. The van der Waals surface area contributed by atoms with E-state index in [0.29, 0.717) is 24.5 Å². The van der Waals surface area contributed by atoms with Crippen molar-refractivity contribution < 1.29 is 9.53 Å². The highest BCUT2D eigenvalue weighted by atomic mass is 16.5. The zero-order valence-electron chi connectivity index (χ0n) is 13.9. The molecule has 2 saturated carbocycles. The molecule has 0 N–H and O–H groups in total. The van der Waals surface area contributed by atoms with Crippen molar-refractivity contribution in [3.8, 4) is 11.8 Å². The number of carbonyl (C=O) groups excluding carboxylic acids is 1. The summed E-state index contributed by atoms with van der Waals surface area (Å²) in [6.07, 6.45) is 7.31. The van der Waals surface area contributed by atoms with Gasteiger partial charge in [-0.3, -0.25) is 4.79 Å². The van der Waals surface area contributed by atoms with Crippen LogP contribution in [0.25, 0.3) is 0 Å². The maximum atomic E-state index is 11.8. The van der Waals surface area contributed by atoms with Gasteiger partial charge in [0.25, 0.3) is 0 Å². The van der Waals surface area contributed by atoms with Gasteiger partial charge in [-0.15, -0.1) is 0 Å². The lowest BCUT2D eigenvalue weighted by atomic mass is 9.60. The molecule has 122 valence electrons. The number of nitrogens with zero attached hydrogens (tertiary/aromatic N) is 1. The van der Waals surface area contributed by atoms with E-state index in [1.807, 2.05) is 12.1 Å². The standard InChI is InChI=1S/C20H25NO2/c1-23-19-7-5-15(6-8-19)16-9-11-20(14-21,12-10-16)17-3-2-4-18(22)13-17/h5-8,16-17H,2-4,9-13H2,1H3/t16?,17-,20?/m1/s1. The molecule has 0 heterocycles. The van der Waals surface area contributed by atoms with Crippen molar-refractivity contribution in [3.05, 3.63) is 29.8 Å². The third kappa shape index (κ3) is 3.27. The predicted molar refractivity (Wildman–Crippen MR) is 89.2 cm³/mol. The minimum atomic E-state index is -0.265. The van der Waals surface area contributed by atoms with Crippen molar-refractivity contribution in [1.29, 1.82) is 5.26 Å². The average Bonchev–Trinajstić information content (AvgIpc) is 2.62. The number of hydrogen-bond acceptors (Lipinski definition) is 3. The van der Waals surface area contributed by atoms with E-state index in [1.165, 1.54) is 5.56 Å². The Morgan fingerprint density at radius 1 is 1.17 bits per heavy atom. The Morgan fingerprint density at radius 2 is 1.87 bits per heavy atom. The van der Waals surface area contributed by atoms with Gasteiger partial charge in [0.05, 0.1) is 18.6 Å². The molecule has 0 aliphatic heterocycles. The summed E-state index contributed by atoms with van der Waals surface area (Å²) in [4.78, 5) is 11.8. The molecule has 2 aliphatic rings. The molecule has 0 saturated heterocycles. The van der Waals surface area contributed by atoms with Gasteiger partial charge in [-0.05, 0) is 68.1 Å². The van der Waals surface area contributed by atoms with E-state index >= 15 is 0 Å². The summed E-state index contributed by atoms with van der Waals surface area (Å²) < 4.78 is 5.22. The molecular weight excluding hydrogens is 286 g/mol. The molecule has 3 nitrogen and oxygen atoms in total. The Hall–Kier alpha value is -1.82. The number of ketones is 1. The van der Waals surface area contributed by atoms with Crippen LogP contribution in [0.1, 0.15) is 62.8 Å². The van der Waals surface area contributed by atoms with Gasteiger partial charge >= 0.3 is 0 Å². The minimum absolute atomic E-state index is 0.265. The van der Waals surface area contributed by atoms with E-state index in [1.54, 1.807) is 7.11 Å². The number of nitriles is 1. The van der Waals surface area contributed by atoms with E-state index in [4.69, 9.17) is 4.74 Å². The lowest BCUT2D eigenvalue weighted by Gasteiger charge is -2.42. The lowest BCUT2D eigenvalue weighted by molar-refractivity contribution is -0.123. The van der Waals surface area contributed by atoms with Crippen LogP contribution in [-0.2, 0) is 4.79 Å². The van der Waals surface area contributed by atoms with E-state index in [-0.39, 0.29) is 11.3 Å². The van der Waals surface area contributed by atoms with Gasteiger partial charge in [-0.1, -0.05) is 12.1 Å². The number of carbonyl (C=O) groups is 1. The van der Waals surface area contributed by atoms with Crippen molar-refractivity contribution >= 4 is 5.78 Å². The second kappa shape index (κ2) is 6.74. The molecule has 3 rings (SSSR count). The third-order valence-corrected chi connectivity index (χ3v) is 5.95. The van der Waals surface area contributed by atoms with Gasteiger partial charge in [0.1, 0.15) is 11.5 Å². The van der Waals surface area contributed by atoms with Crippen LogP contribution in [0, 0.1) is 22.7 Å². The van der Waals surface area contributed by atoms with Crippen LogP contribution in [0.3, 0.4) is 0 Å². The van der Waals surface area contributed by atoms with E-state index < -0.39 is 0 Å². The third-order valence-electron chi connectivity index (χ3n) is 5.95. The maximum absolute atomic E-state index is 11.8. The van der Waals surface area contributed by atoms with Crippen molar-refractivity contribution in [2.24, 2.45) is 11.3 Å². The van der Waals surface area contributed by atoms with Crippen LogP contribution >= 0.6 is 0 Å². The van der Waals surface area contributed by atoms with Gasteiger partial charge in [0.15, 0.2) is 0 Å². The van der Waals surface area contributed by atoms with Gasteiger partial charge in [-0.2, -0.15) is 5.26 Å². The maximum Gasteiger partial charge on any atom is 0.133 e. The number of methoxy groups -OCH3 is 1. The van der Waals surface area contributed by atoms with Gasteiger partial charge < -0.3 is 4.74 Å². The molecule has 2 fully saturated rings. The fourth-order valence-corrected chi connectivity index (χ4v) is 4.45. The molecular formula is C20H25NO2. The molecule has 23 heavy (non-hydrogen) atoms. The van der Waals surface area contributed by atoms with Crippen molar-refractivity contribution in [3.63, 3.8) is 0 Å². The van der Waals surface area contributed by atoms with E-state index in [2.05, 4.69) is 18.2 Å². The number of hydrogen-bond donors (Lipinski definition) is 0. The van der Waals surface area contributed by atoms with Gasteiger partial charge in [0.2, 0.25) is 0 Å². The molecule has 0 unspecified atom stereocenters. The first kappa shape index (κ1) is 16.1. The van der Waals surface area contributed by atoms with Crippen LogP contribution < -0.4 is 4.74 Å². The highest BCUT2D eigenvalue weighted by Crippen LogP contribution is 2.50. The Balaban J connectivity index is 1.68. The summed E-state index contributed by atoms with van der Waals surface area (Å²) in [5, 5.41) is 9.83. The van der Waals surface area contributed by atoms with Crippen molar-refractivity contribution in [1.82, 2.24) is 0 Å². The molecule has 1 atom stereocenters. The fourth-order valence-electron chi connectivity index (χ4n) is 4.45. The second-order valence-corrected chi connectivity index (χ2v) is 7.15. The Morgan fingerprint density at radius 3 is 2.43 bits per heavy atom. The Bertz CT molecular complexity index is 591. The average molecular weight is 311 g/mol. The van der Waals surface area contributed by atoms with Crippen molar-refractivity contribution in [2.45, 2.75) is 57.3 Å². The SMILES string of the molecule is COc1ccc(C2CCC(C#N)([C@@H]3CCCC(=O)C3)CC2)cc1. The molecule has 1 aromatic rings. The molecule has 0 aromatic heterocycles. The zero-order valence-corrected chi connectivity index (χ0v) is 13.9. The number of Topliss-reactive ketones (excluding diaryl/α,β-unsaturated/α-hetero) is 1. The fraction of sp³-hybridized carbons (Fsp3) is 0.600. The Kier molecular flexibility index (Phi) is 4.71. The Labute approximate surface area is 138 Å². The monoisotopic (exact) mass is 311 g/mol. The molecule has 2 aliphatic carbocycles. The lowest BCUT2D eigenvalue weighted by Crippen LogP contribution is -2.36. The predicted octanol–water partition coefficient (Wildman–Crippen LogP) is 4.62. The molecule has 0 radical (unpaired) electrons. The highest BCUT2D eigenvalue weighted by molar-refractivity contribution is 5.79. The van der Waals surface area contributed by atoms with E-state index in [0.717, 1.165) is 44.3 Å². The first-order valence-corrected chi connectivity index (χ1v) is 8.74. The zero-order chi connectivity index (χ0) is 16.3. The molecule has 1 aromatic carbocycles. The first-order valence-electron chi connectivity index (χ1n) is 8.74. The van der Waals surface area contributed by atoms with E-state index in [9.17, 15) is 10.1 Å². The molecule has 0 bridgehead atoms. The number of rotatable bonds is 3. The number of ether oxygens (including phenoxy) is 1. The topological polar surface area (TPSA) is 50.1 Å². The first-order chi connectivity index (χ1) is 11.2. The minimum Gasteiger partial charge on any atom is -0.497 e.